The highest BCUT2D eigenvalue weighted by Crippen LogP contribution is 2.19. The first-order chi connectivity index (χ1) is 12.0. The molecule has 0 spiro atoms. The Morgan fingerprint density at radius 1 is 1.28 bits per heavy atom. The number of aryl methyl sites for hydroxylation is 2. The van der Waals surface area contributed by atoms with Gasteiger partial charge in [0.15, 0.2) is 0 Å². The molecule has 2 aromatic rings. The number of rotatable bonds is 5. The quantitative estimate of drug-likeness (QED) is 0.879. The van der Waals surface area contributed by atoms with Crippen LogP contribution in [-0.2, 0) is 6.54 Å². The molecule has 1 aromatic carbocycles. The van der Waals surface area contributed by atoms with Gasteiger partial charge in [0.25, 0.3) is 5.91 Å². The Morgan fingerprint density at radius 3 is 2.84 bits per heavy atom. The third-order valence-corrected chi connectivity index (χ3v) is 4.95. The number of hydrogen-bond donors (Lipinski definition) is 2. The van der Waals surface area contributed by atoms with Crippen LogP contribution in [0.3, 0.4) is 0 Å². The molecule has 1 amide bonds. The summed E-state index contributed by atoms with van der Waals surface area (Å²) < 4.78 is 0. The molecule has 1 unspecified atom stereocenters. The minimum absolute atomic E-state index is 0.0832. The number of aromatic nitrogens is 1. The highest BCUT2D eigenvalue weighted by atomic mass is 16.1. The van der Waals surface area contributed by atoms with Gasteiger partial charge in [-0.15, -0.1) is 0 Å². The van der Waals surface area contributed by atoms with E-state index in [1.165, 1.54) is 22.9 Å². The molecule has 5 heteroatoms. The highest BCUT2D eigenvalue weighted by molar-refractivity contribution is 5.93. The molecule has 1 aromatic heterocycles. The fourth-order valence-corrected chi connectivity index (χ4v) is 3.26. The van der Waals surface area contributed by atoms with Gasteiger partial charge in [-0.2, -0.15) is 0 Å². The van der Waals surface area contributed by atoms with Gasteiger partial charge in [0, 0.05) is 25.8 Å². The van der Waals surface area contributed by atoms with E-state index in [-0.39, 0.29) is 5.91 Å². The van der Waals surface area contributed by atoms with Crippen LogP contribution in [0.5, 0.6) is 0 Å². The van der Waals surface area contributed by atoms with Crippen molar-refractivity contribution in [2.75, 3.05) is 25.4 Å². The average Bonchev–Trinajstić information content (AvgIpc) is 3.04. The first-order valence-corrected chi connectivity index (χ1v) is 8.79. The van der Waals surface area contributed by atoms with Gasteiger partial charge in [-0.3, -0.25) is 9.69 Å². The predicted molar refractivity (Wildman–Crippen MR) is 100 cm³/mol. The lowest BCUT2D eigenvalue weighted by Crippen LogP contribution is -2.31. The van der Waals surface area contributed by atoms with Gasteiger partial charge < -0.3 is 11.1 Å². The first-order valence-electron chi connectivity index (χ1n) is 8.79. The molecule has 0 aliphatic carbocycles. The Kier molecular flexibility index (Phi) is 5.34. The third kappa shape index (κ3) is 4.57. The van der Waals surface area contributed by atoms with Crippen LogP contribution in [0.1, 0.15) is 33.5 Å². The molecule has 5 nitrogen and oxygen atoms in total. The predicted octanol–water partition coefficient (Wildman–Crippen LogP) is 2.53. The summed E-state index contributed by atoms with van der Waals surface area (Å²) in [6, 6.07) is 10.0. The Labute approximate surface area is 149 Å². The zero-order valence-electron chi connectivity index (χ0n) is 15.0. The highest BCUT2D eigenvalue weighted by Gasteiger charge is 2.23. The fraction of sp³-hybridized carbons (Fsp3) is 0.400. The van der Waals surface area contributed by atoms with E-state index in [0.717, 1.165) is 26.1 Å². The lowest BCUT2D eigenvalue weighted by Gasteiger charge is -2.17. The SMILES string of the molecule is Cc1ccc(CN2CCC(CNC(=O)c3ccc(N)nc3)C2)cc1C. The number of hydrogen-bond acceptors (Lipinski definition) is 4. The van der Waals surface area contributed by atoms with E-state index < -0.39 is 0 Å². The van der Waals surface area contributed by atoms with Gasteiger partial charge in [-0.25, -0.2) is 4.98 Å². The summed E-state index contributed by atoms with van der Waals surface area (Å²) in [7, 11) is 0. The molecule has 0 bridgehead atoms. The number of carbonyl (C=O) groups is 1. The van der Waals surface area contributed by atoms with Crippen molar-refractivity contribution in [2.24, 2.45) is 5.92 Å². The minimum atomic E-state index is -0.0832. The normalized spacial score (nSPS) is 17.6. The molecule has 1 aliphatic heterocycles. The number of nitrogens with two attached hydrogens (primary N) is 1. The van der Waals surface area contributed by atoms with Crippen molar-refractivity contribution >= 4 is 11.7 Å². The second-order valence-electron chi connectivity index (χ2n) is 6.99. The van der Waals surface area contributed by atoms with E-state index in [1.807, 2.05) is 0 Å². The average molecular weight is 338 g/mol. The number of anilines is 1. The van der Waals surface area contributed by atoms with Gasteiger partial charge in [0.1, 0.15) is 5.82 Å². The standard InChI is InChI=1S/C20H26N4O/c1-14-3-4-16(9-15(14)2)12-24-8-7-17(13-24)10-23-20(25)18-5-6-19(21)22-11-18/h3-6,9,11,17H,7-8,10,12-13H2,1-2H3,(H2,21,22)(H,23,25). The van der Waals surface area contributed by atoms with E-state index in [0.29, 0.717) is 23.8 Å². The van der Waals surface area contributed by atoms with Gasteiger partial charge in [0.05, 0.1) is 5.56 Å². The maximum atomic E-state index is 12.1. The summed E-state index contributed by atoms with van der Waals surface area (Å²) in [4.78, 5) is 18.6. The second kappa shape index (κ2) is 7.66. The summed E-state index contributed by atoms with van der Waals surface area (Å²) in [5, 5.41) is 3.01. The van der Waals surface area contributed by atoms with Crippen molar-refractivity contribution in [3.8, 4) is 0 Å². The fourth-order valence-electron chi connectivity index (χ4n) is 3.26. The van der Waals surface area contributed by atoms with Crippen LogP contribution in [0.15, 0.2) is 36.5 Å². The van der Waals surface area contributed by atoms with Crippen LogP contribution in [0, 0.1) is 19.8 Å². The van der Waals surface area contributed by atoms with Crippen LogP contribution in [0.4, 0.5) is 5.82 Å². The van der Waals surface area contributed by atoms with Crippen molar-refractivity contribution < 1.29 is 4.79 Å². The zero-order chi connectivity index (χ0) is 17.8. The van der Waals surface area contributed by atoms with Gasteiger partial charge in [-0.05, 0) is 61.6 Å². The molecule has 1 saturated heterocycles. The molecule has 1 atom stereocenters. The molecular formula is C20H26N4O. The van der Waals surface area contributed by atoms with Gasteiger partial charge in [0.2, 0.25) is 0 Å². The maximum absolute atomic E-state index is 12.1. The molecule has 1 aliphatic rings. The number of carbonyl (C=O) groups excluding carboxylic acids is 1. The molecule has 3 N–H and O–H groups in total. The van der Waals surface area contributed by atoms with Crippen LogP contribution in [0.2, 0.25) is 0 Å². The molecule has 132 valence electrons. The Morgan fingerprint density at radius 2 is 2.12 bits per heavy atom. The largest absolute Gasteiger partial charge is 0.384 e. The number of benzene rings is 1. The Hall–Kier alpha value is -2.40. The molecule has 0 saturated carbocycles. The van der Waals surface area contributed by atoms with Gasteiger partial charge >= 0.3 is 0 Å². The topological polar surface area (TPSA) is 71.2 Å². The van der Waals surface area contributed by atoms with Crippen molar-refractivity contribution in [1.29, 1.82) is 0 Å². The van der Waals surface area contributed by atoms with Crippen molar-refractivity contribution in [3.05, 3.63) is 58.8 Å². The molecular weight excluding hydrogens is 312 g/mol. The smallest absolute Gasteiger partial charge is 0.252 e. The summed E-state index contributed by atoms with van der Waals surface area (Å²) in [6.45, 7) is 8.08. The summed E-state index contributed by atoms with van der Waals surface area (Å²) in [5.74, 6) is 0.840. The Balaban J connectivity index is 1.47. The monoisotopic (exact) mass is 338 g/mol. The van der Waals surface area contributed by atoms with E-state index >= 15 is 0 Å². The number of likely N-dealkylation sites (tertiary alicyclic amines) is 1. The third-order valence-electron chi connectivity index (χ3n) is 4.95. The van der Waals surface area contributed by atoms with Crippen LogP contribution >= 0.6 is 0 Å². The first kappa shape index (κ1) is 17.4. The summed E-state index contributed by atoms with van der Waals surface area (Å²) >= 11 is 0. The van der Waals surface area contributed by atoms with E-state index in [2.05, 4.69) is 47.2 Å². The molecule has 3 rings (SSSR count). The number of pyridine rings is 1. The molecule has 2 heterocycles. The van der Waals surface area contributed by atoms with E-state index in [4.69, 9.17) is 5.73 Å². The molecule has 1 fully saturated rings. The summed E-state index contributed by atoms with van der Waals surface area (Å²) in [6.07, 6.45) is 2.64. The lowest BCUT2D eigenvalue weighted by molar-refractivity contribution is 0.0947. The second-order valence-corrected chi connectivity index (χ2v) is 6.99. The van der Waals surface area contributed by atoms with Crippen LogP contribution in [-0.4, -0.2) is 35.4 Å². The lowest BCUT2D eigenvalue weighted by atomic mass is 10.1. The molecule has 25 heavy (non-hydrogen) atoms. The maximum Gasteiger partial charge on any atom is 0.252 e. The van der Waals surface area contributed by atoms with Crippen molar-refractivity contribution in [1.82, 2.24) is 15.2 Å². The van der Waals surface area contributed by atoms with Crippen molar-refractivity contribution in [2.45, 2.75) is 26.8 Å². The van der Waals surface area contributed by atoms with Crippen LogP contribution < -0.4 is 11.1 Å². The van der Waals surface area contributed by atoms with Crippen molar-refractivity contribution in [3.63, 3.8) is 0 Å². The number of amides is 1. The van der Waals surface area contributed by atoms with E-state index in [9.17, 15) is 4.79 Å². The zero-order valence-corrected chi connectivity index (χ0v) is 15.0. The Bertz CT molecular complexity index is 742. The number of nitrogens with zero attached hydrogens (tertiary/aromatic N) is 2. The minimum Gasteiger partial charge on any atom is -0.384 e. The summed E-state index contributed by atoms with van der Waals surface area (Å²) in [5.41, 5.74) is 10.1. The van der Waals surface area contributed by atoms with E-state index in [1.54, 1.807) is 12.1 Å². The number of nitrogen functional groups attached to an aromatic ring is 1. The number of nitrogens with one attached hydrogen (secondary N) is 1. The van der Waals surface area contributed by atoms with Crippen LogP contribution in [0.25, 0.3) is 0 Å². The van der Waals surface area contributed by atoms with Gasteiger partial charge in [-0.1, -0.05) is 18.2 Å². The molecule has 0 radical (unpaired) electrons.